The molecule has 0 spiro atoms. The Bertz CT molecular complexity index is 1260. The Hall–Kier alpha value is -3.93. The van der Waals surface area contributed by atoms with E-state index in [2.05, 4.69) is 27.2 Å². The van der Waals surface area contributed by atoms with Gasteiger partial charge < -0.3 is 15.1 Å². The monoisotopic (exact) mass is 412 g/mol. The van der Waals surface area contributed by atoms with Gasteiger partial charge in [0, 0.05) is 23.6 Å². The molecule has 2 heterocycles. The molecule has 0 aliphatic carbocycles. The van der Waals surface area contributed by atoms with Gasteiger partial charge in [0.25, 0.3) is 0 Å². The van der Waals surface area contributed by atoms with Gasteiger partial charge in [-0.25, -0.2) is 9.78 Å². The van der Waals surface area contributed by atoms with Gasteiger partial charge in [-0.1, -0.05) is 30.4 Å². The van der Waals surface area contributed by atoms with Crippen LogP contribution in [0.3, 0.4) is 0 Å². The lowest BCUT2D eigenvalue weighted by atomic mass is 9.92. The van der Waals surface area contributed by atoms with Crippen molar-refractivity contribution in [1.29, 1.82) is 0 Å². The number of carbonyl (C=O) groups is 1. The molecule has 6 nitrogen and oxygen atoms in total. The summed E-state index contributed by atoms with van der Waals surface area (Å²) >= 11 is 0. The van der Waals surface area contributed by atoms with E-state index in [1.54, 1.807) is 30.6 Å². The third kappa shape index (κ3) is 4.48. The van der Waals surface area contributed by atoms with Crippen LogP contribution in [0.2, 0.25) is 0 Å². The zero-order valence-corrected chi connectivity index (χ0v) is 17.8. The van der Waals surface area contributed by atoms with Crippen LogP contribution in [0.4, 0.5) is 10.5 Å². The van der Waals surface area contributed by atoms with Gasteiger partial charge in [0.15, 0.2) is 5.58 Å². The van der Waals surface area contributed by atoms with E-state index in [0.717, 1.165) is 22.3 Å². The largest absolute Gasteiger partial charge is 0.436 e. The number of amides is 2. The normalized spacial score (nSPS) is 11.3. The number of aromatic nitrogens is 2. The van der Waals surface area contributed by atoms with Gasteiger partial charge in [-0.2, -0.15) is 0 Å². The lowest BCUT2D eigenvalue weighted by Gasteiger charge is -2.27. The van der Waals surface area contributed by atoms with E-state index in [9.17, 15) is 4.79 Å². The highest BCUT2D eigenvalue weighted by Gasteiger charge is 2.23. The minimum atomic E-state index is -0.567. The number of anilines is 1. The highest BCUT2D eigenvalue weighted by molar-refractivity contribution is 5.92. The van der Waals surface area contributed by atoms with Crippen LogP contribution < -0.4 is 10.6 Å². The summed E-state index contributed by atoms with van der Waals surface area (Å²) < 4.78 is 5.81. The smallest absolute Gasteiger partial charge is 0.319 e. The van der Waals surface area contributed by atoms with Gasteiger partial charge in [0.05, 0.1) is 5.54 Å². The Labute approximate surface area is 181 Å². The fraction of sp³-hybridized carbons (Fsp3) is 0.160. The van der Waals surface area contributed by atoms with Crippen molar-refractivity contribution in [3.63, 3.8) is 0 Å². The van der Waals surface area contributed by atoms with Crippen molar-refractivity contribution in [3.05, 3.63) is 84.7 Å². The topological polar surface area (TPSA) is 80.0 Å². The number of fused-ring (bicyclic) bond motifs is 1. The Morgan fingerprint density at radius 2 is 1.84 bits per heavy atom. The summed E-state index contributed by atoms with van der Waals surface area (Å²) in [6.45, 7) is 9.89. The van der Waals surface area contributed by atoms with Crippen LogP contribution >= 0.6 is 0 Å². The molecule has 0 fully saturated rings. The van der Waals surface area contributed by atoms with Gasteiger partial charge in [0.2, 0.25) is 5.89 Å². The molecule has 2 aromatic carbocycles. The van der Waals surface area contributed by atoms with E-state index in [0.29, 0.717) is 22.7 Å². The summed E-state index contributed by atoms with van der Waals surface area (Å²) in [5, 5.41) is 5.92. The van der Waals surface area contributed by atoms with Crippen LogP contribution in [0.25, 0.3) is 28.1 Å². The Morgan fingerprint density at radius 1 is 1.06 bits per heavy atom. The van der Waals surface area contributed by atoms with Crippen LogP contribution in [0, 0.1) is 0 Å². The first-order valence-electron chi connectivity index (χ1n) is 9.98. The van der Waals surface area contributed by atoms with Gasteiger partial charge in [0.1, 0.15) is 5.52 Å². The van der Waals surface area contributed by atoms with E-state index >= 15 is 0 Å². The van der Waals surface area contributed by atoms with E-state index in [-0.39, 0.29) is 6.03 Å². The minimum Gasteiger partial charge on any atom is -0.436 e. The van der Waals surface area contributed by atoms with E-state index < -0.39 is 5.54 Å². The fourth-order valence-electron chi connectivity index (χ4n) is 3.31. The van der Waals surface area contributed by atoms with Gasteiger partial charge in [-0.15, -0.1) is 0 Å². The zero-order valence-electron chi connectivity index (χ0n) is 17.8. The second-order valence-corrected chi connectivity index (χ2v) is 8.00. The maximum Gasteiger partial charge on any atom is 0.319 e. The highest BCUT2D eigenvalue weighted by Crippen LogP contribution is 2.27. The maximum atomic E-state index is 12.7. The molecule has 0 saturated heterocycles. The van der Waals surface area contributed by atoms with Crippen molar-refractivity contribution < 1.29 is 9.21 Å². The predicted molar refractivity (Wildman–Crippen MR) is 124 cm³/mol. The first kappa shape index (κ1) is 20.3. The lowest BCUT2D eigenvalue weighted by Crippen LogP contribution is -2.43. The van der Waals surface area contributed by atoms with E-state index in [1.165, 1.54) is 0 Å². The number of carbonyl (C=O) groups excluding carboxylic acids is 1. The molecule has 0 radical (unpaired) electrons. The number of oxazole rings is 1. The van der Waals surface area contributed by atoms with Crippen molar-refractivity contribution in [2.45, 2.75) is 26.3 Å². The van der Waals surface area contributed by atoms with Crippen molar-refractivity contribution in [2.24, 2.45) is 0 Å². The molecular weight excluding hydrogens is 388 g/mol. The summed E-state index contributed by atoms with van der Waals surface area (Å²) in [6, 6.07) is 16.8. The van der Waals surface area contributed by atoms with Crippen molar-refractivity contribution >= 4 is 28.4 Å². The third-order valence-corrected chi connectivity index (χ3v) is 5.08. The van der Waals surface area contributed by atoms with Crippen LogP contribution in [-0.2, 0) is 5.54 Å². The number of benzene rings is 2. The molecule has 31 heavy (non-hydrogen) atoms. The average Bonchev–Trinajstić information content (AvgIpc) is 3.17. The molecule has 0 aliphatic heterocycles. The number of nitrogens with one attached hydrogen (secondary N) is 2. The highest BCUT2D eigenvalue weighted by atomic mass is 16.3. The van der Waals surface area contributed by atoms with Crippen LogP contribution in [0.1, 0.15) is 31.9 Å². The molecule has 2 N–H and O–H groups in total. The standard InChI is InChI=1S/C25H24N4O2/c1-16(2)18-6-5-7-19(14-18)25(3,4)29-24(30)27-20-8-9-22-21(15-20)28-23(31-22)17-10-12-26-13-11-17/h5-15H,1H2,2-4H3,(H2,27,29,30). The molecule has 6 heteroatoms. The summed E-state index contributed by atoms with van der Waals surface area (Å²) in [4.78, 5) is 21.2. The Kier molecular flexibility index (Phi) is 5.29. The van der Waals surface area contributed by atoms with Crippen LogP contribution in [0.15, 0.2) is 78.0 Å². The first-order chi connectivity index (χ1) is 14.8. The van der Waals surface area contributed by atoms with Crippen molar-refractivity contribution in [1.82, 2.24) is 15.3 Å². The number of allylic oxidation sites excluding steroid dienone is 1. The predicted octanol–water partition coefficient (Wildman–Crippen LogP) is 5.98. The van der Waals surface area contributed by atoms with E-state index in [1.807, 2.05) is 57.2 Å². The number of rotatable bonds is 5. The molecule has 0 unspecified atom stereocenters. The lowest BCUT2D eigenvalue weighted by molar-refractivity contribution is 0.242. The van der Waals surface area contributed by atoms with Gasteiger partial charge in [-0.05, 0) is 68.3 Å². The Morgan fingerprint density at radius 3 is 2.58 bits per heavy atom. The average molecular weight is 412 g/mol. The molecule has 0 atom stereocenters. The third-order valence-electron chi connectivity index (χ3n) is 5.08. The quantitative estimate of drug-likeness (QED) is 0.423. The molecule has 2 aromatic heterocycles. The molecule has 4 rings (SSSR count). The summed E-state index contributed by atoms with van der Waals surface area (Å²) in [7, 11) is 0. The summed E-state index contributed by atoms with van der Waals surface area (Å²) in [5.74, 6) is 0.512. The number of urea groups is 1. The summed E-state index contributed by atoms with van der Waals surface area (Å²) in [5.41, 5.74) is 5.25. The molecule has 0 bridgehead atoms. The zero-order chi connectivity index (χ0) is 22.0. The molecular formula is C25H24N4O2. The SMILES string of the molecule is C=C(C)c1cccc(C(C)(C)NC(=O)Nc2ccc3oc(-c4ccncc4)nc3c2)c1. The second kappa shape index (κ2) is 8.07. The summed E-state index contributed by atoms with van der Waals surface area (Å²) in [6.07, 6.45) is 3.38. The van der Waals surface area contributed by atoms with Crippen LogP contribution in [0.5, 0.6) is 0 Å². The number of hydrogen-bond donors (Lipinski definition) is 2. The first-order valence-corrected chi connectivity index (χ1v) is 9.98. The van der Waals surface area contributed by atoms with Gasteiger partial charge in [-0.3, -0.25) is 4.98 Å². The number of nitrogens with zero attached hydrogens (tertiary/aromatic N) is 2. The fourth-order valence-corrected chi connectivity index (χ4v) is 3.31. The minimum absolute atomic E-state index is 0.303. The molecule has 4 aromatic rings. The van der Waals surface area contributed by atoms with Gasteiger partial charge >= 0.3 is 6.03 Å². The number of hydrogen-bond acceptors (Lipinski definition) is 4. The number of pyridine rings is 1. The van der Waals surface area contributed by atoms with E-state index in [4.69, 9.17) is 4.42 Å². The maximum absolute atomic E-state index is 12.7. The Balaban J connectivity index is 1.50. The second-order valence-electron chi connectivity index (χ2n) is 8.00. The molecule has 2 amide bonds. The van der Waals surface area contributed by atoms with Crippen molar-refractivity contribution in [2.75, 3.05) is 5.32 Å². The molecule has 156 valence electrons. The van der Waals surface area contributed by atoms with Crippen molar-refractivity contribution in [3.8, 4) is 11.5 Å². The molecule has 0 aliphatic rings. The van der Waals surface area contributed by atoms with Crippen LogP contribution in [-0.4, -0.2) is 16.0 Å². The molecule has 0 saturated carbocycles.